The zero-order valence-electron chi connectivity index (χ0n) is 12.5. The van der Waals surface area contributed by atoms with Crippen molar-refractivity contribution in [3.63, 3.8) is 0 Å². The van der Waals surface area contributed by atoms with Gasteiger partial charge in [0.25, 0.3) is 0 Å². The van der Waals surface area contributed by atoms with Crippen molar-refractivity contribution in [2.45, 2.75) is 32.9 Å². The average Bonchev–Trinajstić information content (AvgIpc) is 3.04. The molecule has 2 aromatic rings. The molecule has 2 aromatic heterocycles. The molecule has 1 aliphatic rings. The molecule has 1 atom stereocenters. The maximum Gasteiger partial charge on any atom is 0.137 e. The summed E-state index contributed by atoms with van der Waals surface area (Å²) in [4.78, 5) is 6.48. The van der Waals surface area contributed by atoms with Crippen LogP contribution in [0.25, 0.3) is 0 Å². The molecule has 0 unspecified atom stereocenters. The van der Waals surface area contributed by atoms with Crippen molar-refractivity contribution in [2.24, 2.45) is 13.0 Å². The molecular weight excluding hydrogens is 288 g/mol. The molecule has 1 fully saturated rings. The molecule has 0 bridgehead atoms. The van der Waals surface area contributed by atoms with Gasteiger partial charge in [0.1, 0.15) is 17.8 Å². The summed E-state index contributed by atoms with van der Waals surface area (Å²) < 4.78 is 3.68. The Hall–Kier alpha value is -1.40. The molecule has 1 saturated heterocycles. The van der Waals surface area contributed by atoms with E-state index in [1.807, 2.05) is 18.7 Å². The van der Waals surface area contributed by atoms with E-state index in [4.69, 9.17) is 11.6 Å². The zero-order valence-corrected chi connectivity index (χ0v) is 13.3. The van der Waals surface area contributed by atoms with Gasteiger partial charge in [-0.25, -0.2) is 4.98 Å². The number of hydrogen-bond acceptors (Lipinski definition) is 4. The Balaban J connectivity index is 1.63. The second-order valence-electron chi connectivity index (χ2n) is 5.84. The van der Waals surface area contributed by atoms with E-state index in [0.717, 1.165) is 42.6 Å². The van der Waals surface area contributed by atoms with Crippen LogP contribution < -0.4 is 0 Å². The number of hydrogen-bond donors (Lipinski definition) is 0. The SMILES string of the molecule is Cc1nn(C)c(Cl)c1CN1CCC[C@H](Cn2cncn2)C1. The van der Waals surface area contributed by atoms with Crippen molar-refractivity contribution < 1.29 is 0 Å². The normalized spacial score (nSPS) is 20.0. The highest BCUT2D eigenvalue weighted by molar-refractivity contribution is 6.30. The Morgan fingerprint density at radius 1 is 1.43 bits per heavy atom. The molecule has 0 radical (unpaired) electrons. The van der Waals surface area contributed by atoms with Crippen LogP contribution in [-0.2, 0) is 20.1 Å². The van der Waals surface area contributed by atoms with Gasteiger partial charge in [0, 0.05) is 32.2 Å². The smallest absolute Gasteiger partial charge is 0.137 e. The molecule has 3 heterocycles. The molecule has 0 N–H and O–H groups in total. The topological polar surface area (TPSA) is 51.8 Å². The van der Waals surface area contributed by atoms with Gasteiger partial charge < -0.3 is 0 Å². The summed E-state index contributed by atoms with van der Waals surface area (Å²) in [6.07, 6.45) is 5.85. The largest absolute Gasteiger partial charge is 0.299 e. The third-order valence-electron chi connectivity index (χ3n) is 4.17. The van der Waals surface area contributed by atoms with Gasteiger partial charge in [-0.05, 0) is 32.2 Å². The van der Waals surface area contributed by atoms with Crippen LogP contribution in [0.1, 0.15) is 24.1 Å². The molecule has 3 rings (SSSR count). The molecule has 7 heteroatoms. The fraction of sp³-hybridized carbons (Fsp3) is 0.643. The van der Waals surface area contributed by atoms with E-state index in [2.05, 4.69) is 20.1 Å². The van der Waals surface area contributed by atoms with Gasteiger partial charge in [0.05, 0.1) is 5.69 Å². The number of piperidine rings is 1. The van der Waals surface area contributed by atoms with Gasteiger partial charge in [-0.2, -0.15) is 10.2 Å². The van der Waals surface area contributed by atoms with E-state index in [1.165, 1.54) is 12.8 Å². The van der Waals surface area contributed by atoms with Gasteiger partial charge in [0.15, 0.2) is 0 Å². The quantitative estimate of drug-likeness (QED) is 0.865. The number of halogens is 1. The van der Waals surface area contributed by atoms with Gasteiger partial charge in [-0.3, -0.25) is 14.3 Å². The first-order valence-electron chi connectivity index (χ1n) is 7.36. The predicted octanol–water partition coefficient (Wildman–Crippen LogP) is 1.89. The first-order chi connectivity index (χ1) is 10.1. The minimum atomic E-state index is 0.621. The third kappa shape index (κ3) is 3.27. The molecule has 0 amide bonds. The molecule has 21 heavy (non-hydrogen) atoms. The summed E-state index contributed by atoms with van der Waals surface area (Å²) in [5, 5.41) is 9.35. The molecule has 0 spiro atoms. The second-order valence-corrected chi connectivity index (χ2v) is 6.20. The van der Waals surface area contributed by atoms with Crippen molar-refractivity contribution in [3.05, 3.63) is 29.1 Å². The molecule has 114 valence electrons. The van der Waals surface area contributed by atoms with Crippen molar-refractivity contribution >= 4 is 11.6 Å². The lowest BCUT2D eigenvalue weighted by atomic mass is 9.97. The summed E-state index contributed by atoms with van der Waals surface area (Å²) in [6, 6.07) is 0. The fourth-order valence-electron chi connectivity index (χ4n) is 3.11. The minimum Gasteiger partial charge on any atom is -0.299 e. The summed E-state index contributed by atoms with van der Waals surface area (Å²) in [5.41, 5.74) is 2.18. The second kappa shape index (κ2) is 6.15. The molecular formula is C14H21ClN6. The summed E-state index contributed by atoms with van der Waals surface area (Å²) in [6.45, 7) is 6.05. The predicted molar refractivity (Wildman–Crippen MR) is 81.0 cm³/mol. The van der Waals surface area contributed by atoms with Crippen LogP contribution in [0.4, 0.5) is 0 Å². The zero-order chi connectivity index (χ0) is 14.8. The van der Waals surface area contributed by atoms with Crippen LogP contribution in [-0.4, -0.2) is 42.5 Å². The molecule has 0 aliphatic carbocycles. The highest BCUT2D eigenvalue weighted by atomic mass is 35.5. The fourth-order valence-corrected chi connectivity index (χ4v) is 3.35. The summed E-state index contributed by atoms with van der Waals surface area (Å²) in [5.74, 6) is 0.621. The number of aromatic nitrogens is 5. The van der Waals surface area contributed by atoms with Crippen LogP contribution in [0, 0.1) is 12.8 Å². The Kier molecular flexibility index (Phi) is 4.26. The van der Waals surface area contributed by atoms with E-state index in [0.29, 0.717) is 5.92 Å². The van der Waals surface area contributed by atoms with Crippen molar-refractivity contribution in [1.82, 2.24) is 29.4 Å². The Morgan fingerprint density at radius 3 is 2.95 bits per heavy atom. The van der Waals surface area contributed by atoms with Gasteiger partial charge >= 0.3 is 0 Å². The number of nitrogens with zero attached hydrogens (tertiary/aromatic N) is 6. The molecule has 0 aromatic carbocycles. The molecule has 6 nitrogen and oxygen atoms in total. The highest BCUT2D eigenvalue weighted by Crippen LogP contribution is 2.24. The van der Waals surface area contributed by atoms with Crippen LogP contribution >= 0.6 is 11.6 Å². The first-order valence-corrected chi connectivity index (χ1v) is 7.74. The van der Waals surface area contributed by atoms with Gasteiger partial charge in [-0.1, -0.05) is 11.6 Å². The number of rotatable bonds is 4. The number of aryl methyl sites for hydroxylation is 2. The van der Waals surface area contributed by atoms with E-state index in [9.17, 15) is 0 Å². The third-order valence-corrected chi connectivity index (χ3v) is 4.64. The van der Waals surface area contributed by atoms with Crippen LogP contribution in [0.15, 0.2) is 12.7 Å². The summed E-state index contributed by atoms with van der Waals surface area (Å²) in [7, 11) is 1.89. The minimum absolute atomic E-state index is 0.621. The van der Waals surface area contributed by atoms with E-state index in [-0.39, 0.29) is 0 Å². The van der Waals surface area contributed by atoms with Crippen LogP contribution in [0.2, 0.25) is 5.15 Å². The van der Waals surface area contributed by atoms with Gasteiger partial charge in [0.2, 0.25) is 0 Å². The summed E-state index contributed by atoms with van der Waals surface area (Å²) >= 11 is 6.34. The van der Waals surface area contributed by atoms with Crippen molar-refractivity contribution in [2.75, 3.05) is 13.1 Å². The maximum absolute atomic E-state index is 6.34. The number of likely N-dealkylation sites (tertiary alicyclic amines) is 1. The standard InChI is InChI=1S/C14H21ClN6/c1-11-13(14(15)19(2)18-11)8-20-5-3-4-12(6-20)7-21-10-16-9-17-21/h9-10,12H,3-8H2,1-2H3/t12-/m0/s1. The average molecular weight is 309 g/mol. The van der Waals surface area contributed by atoms with Crippen LogP contribution in [0.5, 0.6) is 0 Å². The maximum atomic E-state index is 6.34. The Bertz CT molecular complexity index is 591. The monoisotopic (exact) mass is 308 g/mol. The Labute approximate surface area is 129 Å². The van der Waals surface area contributed by atoms with Gasteiger partial charge in [-0.15, -0.1) is 0 Å². The van der Waals surface area contributed by atoms with E-state index in [1.54, 1.807) is 17.3 Å². The lowest BCUT2D eigenvalue weighted by molar-refractivity contribution is 0.153. The molecule has 1 aliphatic heterocycles. The Morgan fingerprint density at radius 2 is 2.29 bits per heavy atom. The lowest BCUT2D eigenvalue weighted by Crippen LogP contribution is -2.36. The van der Waals surface area contributed by atoms with E-state index >= 15 is 0 Å². The lowest BCUT2D eigenvalue weighted by Gasteiger charge is -2.32. The van der Waals surface area contributed by atoms with Crippen molar-refractivity contribution in [1.29, 1.82) is 0 Å². The molecule has 0 saturated carbocycles. The van der Waals surface area contributed by atoms with E-state index < -0.39 is 0 Å². The van der Waals surface area contributed by atoms with Crippen LogP contribution in [0.3, 0.4) is 0 Å². The highest BCUT2D eigenvalue weighted by Gasteiger charge is 2.23. The van der Waals surface area contributed by atoms with Crippen molar-refractivity contribution in [3.8, 4) is 0 Å². The first kappa shape index (κ1) is 14.5.